The number of halogens is 1. The van der Waals surface area contributed by atoms with Crippen molar-refractivity contribution in [1.82, 2.24) is 10.2 Å². The minimum Gasteiger partial charge on any atom is -0.362 e. The summed E-state index contributed by atoms with van der Waals surface area (Å²) in [4.78, 5) is 0. The molecule has 0 fully saturated rings. The van der Waals surface area contributed by atoms with Gasteiger partial charge in [-0.2, -0.15) is 5.10 Å². The standard InChI is InChI=1S/C18H24FN3.H2/c1-5-12(3)17-11-13(4)18(22-21-17)20-16(6-2)14-7-9-15(19)10-8-14;/h7-12,16H,5-6H2,1-4H3,(H,20,22);1H/t12?,16-;/m1./s1. The summed E-state index contributed by atoms with van der Waals surface area (Å²) in [6.07, 6.45) is 1.94. The van der Waals surface area contributed by atoms with Gasteiger partial charge in [0, 0.05) is 1.43 Å². The Bertz CT molecular complexity index is 616. The lowest BCUT2D eigenvalue weighted by atomic mass is 10.0. The van der Waals surface area contributed by atoms with E-state index in [1.807, 2.05) is 19.1 Å². The van der Waals surface area contributed by atoms with Crippen molar-refractivity contribution in [2.24, 2.45) is 0 Å². The highest BCUT2D eigenvalue weighted by Gasteiger charge is 2.13. The molecule has 120 valence electrons. The van der Waals surface area contributed by atoms with Crippen LogP contribution in [0.3, 0.4) is 0 Å². The van der Waals surface area contributed by atoms with E-state index in [-0.39, 0.29) is 13.3 Å². The van der Waals surface area contributed by atoms with E-state index in [9.17, 15) is 4.39 Å². The van der Waals surface area contributed by atoms with E-state index in [1.54, 1.807) is 0 Å². The fourth-order valence-corrected chi connectivity index (χ4v) is 2.38. The summed E-state index contributed by atoms with van der Waals surface area (Å²) in [7, 11) is 0. The van der Waals surface area contributed by atoms with Crippen LogP contribution in [0.1, 0.15) is 63.8 Å². The molecule has 0 radical (unpaired) electrons. The molecule has 1 N–H and O–H groups in total. The van der Waals surface area contributed by atoms with Crippen LogP contribution in [0.5, 0.6) is 0 Å². The lowest BCUT2D eigenvalue weighted by Crippen LogP contribution is -2.13. The average Bonchev–Trinajstić information content (AvgIpc) is 2.54. The van der Waals surface area contributed by atoms with Crippen molar-refractivity contribution >= 4 is 5.82 Å². The molecule has 0 saturated heterocycles. The topological polar surface area (TPSA) is 37.8 Å². The summed E-state index contributed by atoms with van der Waals surface area (Å²) in [6, 6.07) is 8.80. The van der Waals surface area contributed by atoms with Crippen molar-refractivity contribution in [3.63, 3.8) is 0 Å². The minimum atomic E-state index is -0.215. The summed E-state index contributed by atoms with van der Waals surface area (Å²) in [5, 5.41) is 12.1. The first-order valence-corrected chi connectivity index (χ1v) is 7.91. The van der Waals surface area contributed by atoms with Crippen LogP contribution >= 0.6 is 0 Å². The molecule has 2 atom stereocenters. The Morgan fingerprint density at radius 1 is 1.14 bits per heavy atom. The quantitative estimate of drug-likeness (QED) is 0.792. The Kier molecular flexibility index (Phi) is 5.47. The molecule has 1 heterocycles. The molecule has 1 unspecified atom stereocenters. The highest BCUT2D eigenvalue weighted by Crippen LogP contribution is 2.25. The van der Waals surface area contributed by atoms with Crippen LogP contribution in [-0.4, -0.2) is 10.2 Å². The summed E-state index contributed by atoms with van der Waals surface area (Å²) >= 11 is 0. The van der Waals surface area contributed by atoms with E-state index in [1.165, 1.54) is 12.1 Å². The monoisotopic (exact) mass is 303 g/mol. The van der Waals surface area contributed by atoms with Gasteiger partial charge in [0.1, 0.15) is 5.82 Å². The number of hydrogen-bond acceptors (Lipinski definition) is 3. The Balaban J connectivity index is 0.00000264. The maximum absolute atomic E-state index is 13.1. The van der Waals surface area contributed by atoms with Crippen molar-refractivity contribution in [3.8, 4) is 0 Å². The second kappa shape index (κ2) is 7.34. The summed E-state index contributed by atoms with van der Waals surface area (Å²) in [5.41, 5.74) is 3.17. The Morgan fingerprint density at radius 3 is 2.36 bits per heavy atom. The van der Waals surface area contributed by atoms with E-state index >= 15 is 0 Å². The van der Waals surface area contributed by atoms with Gasteiger partial charge in [-0.05, 0) is 55.0 Å². The molecule has 22 heavy (non-hydrogen) atoms. The van der Waals surface area contributed by atoms with Crippen LogP contribution in [0.4, 0.5) is 10.2 Å². The minimum absolute atomic E-state index is 0. The molecule has 2 rings (SSSR count). The molecule has 0 aliphatic carbocycles. The molecule has 0 amide bonds. The molecule has 0 bridgehead atoms. The first-order chi connectivity index (χ1) is 10.5. The fraction of sp³-hybridized carbons (Fsp3) is 0.444. The van der Waals surface area contributed by atoms with Crippen LogP contribution in [0.15, 0.2) is 30.3 Å². The average molecular weight is 303 g/mol. The third-order valence-corrected chi connectivity index (χ3v) is 4.11. The van der Waals surface area contributed by atoms with Gasteiger partial charge in [0.2, 0.25) is 0 Å². The van der Waals surface area contributed by atoms with E-state index in [2.05, 4.69) is 42.4 Å². The van der Waals surface area contributed by atoms with Gasteiger partial charge in [-0.25, -0.2) is 4.39 Å². The van der Waals surface area contributed by atoms with Crippen molar-refractivity contribution in [2.45, 2.75) is 52.5 Å². The Labute approximate surface area is 133 Å². The zero-order chi connectivity index (χ0) is 16.1. The smallest absolute Gasteiger partial charge is 0.152 e. The number of nitrogens with zero attached hydrogens (tertiary/aromatic N) is 2. The molecule has 0 saturated carbocycles. The van der Waals surface area contributed by atoms with E-state index in [4.69, 9.17) is 0 Å². The van der Waals surface area contributed by atoms with Gasteiger partial charge in [0.15, 0.2) is 5.82 Å². The number of aryl methyl sites for hydroxylation is 1. The number of aromatic nitrogens is 2. The third kappa shape index (κ3) is 3.81. The molecule has 1 aromatic heterocycles. The first-order valence-electron chi connectivity index (χ1n) is 7.91. The molecule has 0 aliphatic rings. The van der Waals surface area contributed by atoms with E-state index in [0.29, 0.717) is 5.92 Å². The zero-order valence-corrected chi connectivity index (χ0v) is 13.7. The third-order valence-electron chi connectivity index (χ3n) is 4.11. The second-order valence-corrected chi connectivity index (χ2v) is 5.77. The van der Waals surface area contributed by atoms with Gasteiger partial charge in [0.25, 0.3) is 0 Å². The number of nitrogens with one attached hydrogen (secondary N) is 1. The van der Waals surface area contributed by atoms with Gasteiger partial charge in [-0.3, -0.25) is 0 Å². The zero-order valence-electron chi connectivity index (χ0n) is 13.7. The molecule has 3 nitrogen and oxygen atoms in total. The normalized spacial score (nSPS) is 13.7. The molecular formula is C18H26FN3. The molecule has 2 aromatic rings. The lowest BCUT2D eigenvalue weighted by molar-refractivity contribution is 0.625. The Hall–Kier alpha value is -1.97. The van der Waals surface area contributed by atoms with Gasteiger partial charge in [0.05, 0.1) is 11.7 Å². The van der Waals surface area contributed by atoms with Crippen molar-refractivity contribution in [1.29, 1.82) is 0 Å². The Morgan fingerprint density at radius 2 is 1.82 bits per heavy atom. The van der Waals surface area contributed by atoms with Crippen molar-refractivity contribution in [3.05, 3.63) is 53.0 Å². The molecule has 4 heteroatoms. The first kappa shape index (κ1) is 16.4. The summed E-state index contributed by atoms with van der Waals surface area (Å²) < 4.78 is 13.1. The predicted molar refractivity (Wildman–Crippen MR) is 90.6 cm³/mol. The second-order valence-electron chi connectivity index (χ2n) is 5.77. The highest BCUT2D eigenvalue weighted by molar-refractivity contribution is 5.45. The highest BCUT2D eigenvalue weighted by atomic mass is 19.1. The molecule has 0 aliphatic heterocycles. The van der Waals surface area contributed by atoms with Crippen molar-refractivity contribution < 1.29 is 5.82 Å². The van der Waals surface area contributed by atoms with Crippen LogP contribution in [-0.2, 0) is 0 Å². The lowest BCUT2D eigenvalue weighted by Gasteiger charge is -2.19. The number of benzene rings is 1. The number of hydrogen-bond donors (Lipinski definition) is 1. The van der Waals surface area contributed by atoms with Gasteiger partial charge in [-0.15, -0.1) is 5.10 Å². The van der Waals surface area contributed by atoms with E-state index < -0.39 is 0 Å². The molecule has 1 aromatic carbocycles. The maximum Gasteiger partial charge on any atom is 0.152 e. The van der Waals surface area contributed by atoms with Gasteiger partial charge in [-0.1, -0.05) is 32.9 Å². The SMILES string of the molecule is CCC(C)c1cc(C)c(N[C@H](CC)c2ccc(F)cc2)nn1.[HH]. The van der Waals surface area contributed by atoms with Crippen LogP contribution < -0.4 is 5.32 Å². The predicted octanol–water partition coefficient (Wildman–Crippen LogP) is 5.25. The largest absolute Gasteiger partial charge is 0.362 e. The fourth-order valence-electron chi connectivity index (χ4n) is 2.38. The van der Waals surface area contributed by atoms with E-state index in [0.717, 1.165) is 35.5 Å². The van der Waals surface area contributed by atoms with Crippen molar-refractivity contribution in [2.75, 3.05) is 5.32 Å². The maximum atomic E-state index is 13.1. The number of rotatable bonds is 6. The molecular weight excluding hydrogens is 277 g/mol. The summed E-state index contributed by atoms with van der Waals surface area (Å²) in [6.45, 7) is 8.44. The van der Waals surface area contributed by atoms with Crippen LogP contribution in [0.2, 0.25) is 0 Å². The van der Waals surface area contributed by atoms with Crippen LogP contribution in [0, 0.1) is 12.7 Å². The number of anilines is 1. The summed E-state index contributed by atoms with van der Waals surface area (Å²) in [5.74, 6) is 0.995. The van der Waals surface area contributed by atoms with Gasteiger partial charge >= 0.3 is 0 Å². The molecule has 0 spiro atoms. The van der Waals surface area contributed by atoms with Gasteiger partial charge < -0.3 is 5.32 Å². The van der Waals surface area contributed by atoms with Crippen LogP contribution in [0.25, 0.3) is 0 Å².